The molecule has 1 aromatic carbocycles. The van der Waals surface area contributed by atoms with Crippen molar-refractivity contribution in [2.45, 2.75) is 32.6 Å². The molecule has 0 saturated carbocycles. The summed E-state index contributed by atoms with van der Waals surface area (Å²) in [7, 11) is 0. The van der Waals surface area contributed by atoms with Gasteiger partial charge in [0, 0.05) is 0 Å². The van der Waals surface area contributed by atoms with Crippen LogP contribution in [0.4, 0.5) is 0 Å². The van der Waals surface area contributed by atoms with Crippen molar-refractivity contribution in [1.29, 1.82) is 0 Å². The second-order valence-electron chi connectivity index (χ2n) is 3.86. The van der Waals surface area contributed by atoms with E-state index in [0.717, 1.165) is 23.7 Å². The molecule has 2 nitrogen and oxygen atoms in total. The summed E-state index contributed by atoms with van der Waals surface area (Å²) in [4.78, 5) is 4.43. The predicted octanol–water partition coefficient (Wildman–Crippen LogP) is 4.26. The van der Waals surface area contributed by atoms with Crippen LogP contribution >= 0.6 is 11.3 Å². The van der Waals surface area contributed by atoms with E-state index in [9.17, 15) is 0 Å². The minimum atomic E-state index is 0.791. The smallest absolute Gasteiger partial charge is 0.274 e. The molecule has 0 spiro atoms. The van der Waals surface area contributed by atoms with Gasteiger partial charge in [-0.05, 0) is 18.6 Å². The van der Waals surface area contributed by atoms with Gasteiger partial charge in [0.15, 0.2) is 0 Å². The average molecular weight is 235 g/mol. The van der Waals surface area contributed by atoms with Crippen molar-refractivity contribution in [2.75, 3.05) is 6.61 Å². The maximum absolute atomic E-state index is 5.64. The van der Waals surface area contributed by atoms with Gasteiger partial charge in [-0.25, -0.2) is 4.98 Å². The van der Waals surface area contributed by atoms with Crippen LogP contribution in [0.15, 0.2) is 24.3 Å². The Morgan fingerprint density at radius 1 is 1.19 bits per heavy atom. The van der Waals surface area contributed by atoms with Crippen LogP contribution in [-0.2, 0) is 0 Å². The molecule has 0 N–H and O–H groups in total. The molecule has 1 aromatic heterocycles. The molecule has 0 fully saturated rings. The molecule has 0 aliphatic carbocycles. The predicted molar refractivity (Wildman–Crippen MR) is 69.3 cm³/mol. The van der Waals surface area contributed by atoms with Gasteiger partial charge in [0.25, 0.3) is 5.19 Å². The second-order valence-corrected chi connectivity index (χ2v) is 4.85. The SMILES string of the molecule is CCCCCCOc1nc2ccccc2s1. The molecule has 0 atom stereocenters. The summed E-state index contributed by atoms with van der Waals surface area (Å²) in [6, 6.07) is 8.14. The molecule has 16 heavy (non-hydrogen) atoms. The molecule has 2 aromatic rings. The fourth-order valence-corrected chi connectivity index (χ4v) is 2.44. The van der Waals surface area contributed by atoms with E-state index in [-0.39, 0.29) is 0 Å². The van der Waals surface area contributed by atoms with Crippen molar-refractivity contribution in [3.8, 4) is 5.19 Å². The highest BCUT2D eigenvalue weighted by molar-refractivity contribution is 7.20. The zero-order valence-corrected chi connectivity index (χ0v) is 10.4. The Bertz CT molecular complexity index is 405. The minimum Gasteiger partial charge on any atom is -0.470 e. The Kier molecular flexibility index (Phi) is 4.17. The number of nitrogens with zero attached hydrogens (tertiary/aromatic N) is 1. The molecule has 0 aliphatic rings. The standard InChI is InChI=1S/C13H17NOS/c1-2-3-4-7-10-15-13-14-11-8-5-6-9-12(11)16-13/h5-6,8-9H,2-4,7,10H2,1H3. The van der Waals surface area contributed by atoms with Gasteiger partial charge < -0.3 is 4.74 Å². The summed E-state index contributed by atoms with van der Waals surface area (Å²) < 4.78 is 6.85. The number of hydrogen-bond acceptors (Lipinski definition) is 3. The topological polar surface area (TPSA) is 22.1 Å². The molecule has 0 amide bonds. The third kappa shape index (κ3) is 2.95. The number of benzene rings is 1. The van der Waals surface area contributed by atoms with E-state index in [1.165, 1.54) is 24.0 Å². The van der Waals surface area contributed by atoms with Gasteiger partial charge in [-0.1, -0.05) is 49.7 Å². The van der Waals surface area contributed by atoms with E-state index in [4.69, 9.17) is 4.74 Å². The summed E-state index contributed by atoms with van der Waals surface area (Å²) in [6.07, 6.45) is 4.94. The van der Waals surface area contributed by atoms with Gasteiger partial charge in [-0.15, -0.1) is 0 Å². The molecule has 0 aliphatic heterocycles. The lowest BCUT2D eigenvalue weighted by molar-refractivity contribution is 0.304. The molecular weight excluding hydrogens is 218 g/mol. The highest BCUT2D eigenvalue weighted by Gasteiger charge is 2.02. The van der Waals surface area contributed by atoms with Crippen molar-refractivity contribution < 1.29 is 4.74 Å². The molecular formula is C13H17NOS. The fourth-order valence-electron chi connectivity index (χ4n) is 1.60. The zero-order chi connectivity index (χ0) is 11.2. The van der Waals surface area contributed by atoms with Crippen molar-refractivity contribution >= 4 is 21.6 Å². The van der Waals surface area contributed by atoms with Crippen LogP contribution in [0.5, 0.6) is 5.19 Å². The van der Waals surface area contributed by atoms with Crippen molar-refractivity contribution in [1.82, 2.24) is 4.98 Å². The summed E-state index contributed by atoms with van der Waals surface area (Å²) in [5.74, 6) is 0. The molecule has 0 bridgehead atoms. The van der Waals surface area contributed by atoms with Gasteiger partial charge >= 0.3 is 0 Å². The van der Waals surface area contributed by atoms with E-state index in [1.807, 2.05) is 18.2 Å². The number of para-hydroxylation sites is 1. The maximum Gasteiger partial charge on any atom is 0.274 e. The lowest BCUT2D eigenvalue weighted by Crippen LogP contribution is -1.96. The van der Waals surface area contributed by atoms with Crippen LogP contribution in [0.2, 0.25) is 0 Å². The van der Waals surface area contributed by atoms with Crippen LogP contribution in [0.25, 0.3) is 10.2 Å². The highest BCUT2D eigenvalue weighted by Crippen LogP contribution is 2.27. The number of hydrogen-bond donors (Lipinski definition) is 0. The molecule has 2 rings (SSSR count). The molecule has 3 heteroatoms. The van der Waals surface area contributed by atoms with E-state index in [2.05, 4.69) is 18.0 Å². The number of rotatable bonds is 6. The first-order valence-corrected chi connectivity index (χ1v) is 6.70. The first kappa shape index (κ1) is 11.4. The minimum absolute atomic E-state index is 0.791. The van der Waals surface area contributed by atoms with E-state index in [1.54, 1.807) is 11.3 Å². The average Bonchev–Trinajstić information content (AvgIpc) is 2.71. The lowest BCUT2D eigenvalue weighted by atomic mass is 10.2. The van der Waals surface area contributed by atoms with Crippen LogP contribution in [0.3, 0.4) is 0 Å². The molecule has 0 unspecified atom stereocenters. The number of thiazole rings is 1. The van der Waals surface area contributed by atoms with Crippen LogP contribution in [0, 0.1) is 0 Å². The maximum atomic E-state index is 5.64. The Balaban J connectivity index is 1.85. The highest BCUT2D eigenvalue weighted by atomic mass is 32.1. The summed E-state index contributed by atoms with van der Waals surface area (Å²) in [6.45, 7) is 3.01. The summed E-state index contributed by atoms with van der Waals surface area (Å²) in [5.41, 5.74) is 1.04. The monoisotopic (exact) mass is 235 g/mol. The van der Waals surface area contributed by atoms with Gasteiger partial charge in [-0.3, -0.25) is 0 Å². The molecule has 86 valence electrons. The van der Waals surface area contributed by atoms with Crippen molar-refractivity contribution in [2.24, 2.45) is 0 Å². The van der Waals surface area contributed by atoms with Gasteiger partial charge in [-0.2, -0.15) is 0 Å². The quantitative estimate of drug-likeness (QED) is 0.698. The second kappa shape index (κ2) is 5.85. The number of aromatic nitrogens is 1. The Morgan fingerprint density at radius 3 is 2.88 bits per heavy atom. The van der Waals surface area contributed by atoms with E-state index in [0.29, 0.717) is 0 Å². The normalized spacial score (nSPS) is 10.8. The number of unbranched alkanes of at least 4 members (excludes halogenated alkanes) is 3. The first-order valence-electron chi connectivity index (χ1n) is 5.88. The van der Waals surface area contributed by atoms with Crippen molar-refractivity contribution in [3.63, 3.8) is 0 Å². The number of fused-ring (bicyclic) bond motifs is 1. The lowest BCUT2D eigenvalue weighted by Gasteiger charge is -2.00. The fraction of sp³-hybridized carbons (Fsp3) is 0.462. The van der Waals surface area contributed by atoms with Crippen LogP contribution in [-0.4, -0.2) is 11.6 Å². The number of ether oxygens (including phenoxy) is 1. The van der Waals surface area contributed by atoms with Gasteiger partial charge in [0.1, 0.15) is 0 Å². The van der Waals surface area contributed by atoms with Gasteiger partial charge in [0.05, 0.1) is 16.8 Å². The molecule has 0 saturated heterocycles. The largest absolute Gasteiger partial charge is 0.470 e. The Labute approximate surface area is 100 Å². The summed E-state index contributed by atoms with van der Waals surface area (Å²) in [5, 5.41) is 0.803. The third-order valence-electron chi connectivity index (χ3n) is 2.50. The van der Waals surface area contributed by atoms with Crippen LogP contribution in [0.1, 0.15) is 32.6 Å². The van der Waals surface area contributed by atoms with E-state index >= 15 is 0 Å². The molecule has 1 heterocycles. The zero-order valence-electron chi connectivity index (χ0n) is 9.61. The summed E-state index contributed by atoms with van der Waals surface area (Å²) >= 11 is 1.63. The Hall–Kier alpha value is -1.09. The van der Waals surface area contributed by atoms with Crippen molar-refractivity contribution in [3.05, 3.63) is 24.3 Å². The first-order chi connectivity index (χ1) is 7.90. The van der Waals surface area contributed by atoms with Gasteiger partial charge in [0.2, 0.25) is 0 Å². The van der Waals surface area contributed by atoms with E-state index < -0.39 is 0 Å². The third-order valence-corrected chi connectivity index (χ3v) is 3.45. The Morgan fingerprint density at radius 2 is 2.06 bits per heavy atom. The van der Waals surface area contributed by atoms with Crippen LogP contribution < -0.4 is 4.74 Å². The molecule has 0 radical (unpaired) electrons.